The summed E-state index contributed by atoms with van der Waals surface area (Å²) in [5.74, 6) is 1.12. The average molecular weight is 371 g/mol. The molecule has 0 fully saturated rings. The molecule has 6 nitrogen and oxygen atoms in total. The van der Waals surface area contributed by atoms with E-state index in [0.29, 0.717) is 33.4 Å². The van der Waals surface area contributed by atoms with Crippen LogP contribution in [-0.4, -0.2) is 23.0 Å². The first-order chi connectivity index (χ1) is 12.5. The molecule has 0 saturated heterocycles. The van der Waals surface area contributed by atoms with Gasteiger partial charge < -0.3 is 15.0 Å². The van der Waals surface area contributed by atoms with E-state index in [0.717, 1.165) is 12.0 Å². The SMILES string of the molecule is COc1ccccc1NC(=O)Cc1nc2scc(CC(C)C)c2c(=O)[nH]1. The van der Waals surface area contributed by atoms with Crippen molar-refractivity contribution in [3.05, 3.63) is 51.4 Å². The first kappa shape index (κ1) is 18.1. The van der Waals surface area contributed by atoms with Gasteiger partial charge in [-0.1, -0.05) is 26.0 Å². The van der Waals surface area contributed by atoms with Crippen molar-refractivity contribution in [3.63, 3.8) is 0 Å². The highest BCUT2D eigenvalue weighted by atomic mass is 32.1. The van der Waals surface area contributed by atoms with E-state index in [1.54, 1.807) is 19.2 Å². The van der Waals surface area contributed by atoms with Gasteiger partial charge in [-0.25, -0.2) is 4.98 Å². The fourth-order valence-electron chi connectivity index (χ4n) is 2.82. The minimum absolute atomic E-state index is 0.0133. The molecular weight excluding hydrogens is 350 g/mol. The molecule has 0 unspecified atom stereocenters. The predicted octanol–water partition coefficient (Wildman–Crippen LogP) is 3.37. The van der Waals surface area contributed by atoms with Crippen molar-refractivity contribution < 1.29 is 9.53 Å². The van der Waals surface area contributed by atoms with E-state index < -0.39 is 0 Å². The van der Waals surface area contributed by atoms with Crippen LogP contribution in [0.1, 0.15) is 25.2 Å². The lowest BCUT2D eigenvalue weighted by molar-refractivity contribution is -0.115. The molecule has 3 rings (SSSR count). The predicted molar refractivity (Wildman–Crippen MR) is 104 cm³/mol. The van der Waals surface area contributed by atoms with Gasteiger partial charge in [-0.2, -0.15) is 0 Å². The summed E-state index contributed by atoms with van der Waals surface area (Å²) in [6.07, 6.45) is 0.818. The molecule has 0 aliphatic heterocycles. The average Bonchev–Trinajstić information content (AvgIpc) is 2.97. The number of hydrogen-bond acceptors (Lipinski definition) is 5. The number of H-pyrrole nitrogens is 1. The van der Waals surface area contributed by atoms with Crippen molar-refractivity contribution in [1.29, 1.82) is 0 Å². The normalized spacial score (nSPS) is 11.1. The number of rotatable bonds is 6. The summed E-state index contributed by atoms with van der Waals surface area (Å²) in [4.78, 5) is 32.7. The number of anilines is 1. The highest BCUT2D eigenvalue weighted by Crippen LogP contribution is 2.24. The molecule has 2 heterocycles. The monoisotopic (exact) mass is 371 g/mol. The molecule has 0 saturated carbocycles. The Labute approximate surface area is 155 Å². The van der Waals surface area contributed by atoms with Crippen LogP contribution < -0.4 is 15.6 Å². The summed E-state index contributed by atoms with van der Waals surface area (Å²) in [5.41, 5.74) is 1.41. The lowest BCUT2D eigenvalue weighted by Crippen LogP contribution is -2.20. The number of carbonyl (C=O) groups is 1. The maximum absolute atomic E-state index is 12.5. The molecule has 1 amide bonds. The molecule has 26 heavy (non-hydrogen) atoms. The fourth-order valence-corrected chi connectivity index (χ4v) is 3.79. The lowest BCUT2D eigenvalue weighted by atomic mass is 10.0. The van der Waals surface area contributed by atoms with Crippen molar-refractivity contribution in [2.24, 2.45) is 5.92 Å². The van der Waals surface area contributed by atoms with Crippen molar-refractivity contribution in [1.82, 2.24) is 9.97 Å². The Morgan fingerprint density at radius 1 is 1.35 bits per heavy atom. The number of aromatic nitrogens is 2. The van der Waals surface area contributed by atoms with E-state index in [1.165, 1.54) is 11.3 Å². The van der Waals surface area contributed by atoms with E-state index in [4.69, 9.17) is 4.74 Å². The van der Waals surface area contributed by atoms with Gasteiger partial charge in [0.25, 0.3) is 5.56 Å². The number of methoxy groups -OCH3 is 1. The summed E-state index contributed by atoms with van der Waals surface area (Å²) in [5, 5.41) is 5.40. The van der Waals surface area contributed by atoms with Crippen molar-refractivity contribution in [3.8, 4) is 5.75 Å². The number of benzene rings is 1. The molecule has 0 atom stereocenters. The fraction of sp³-hybridized carbons (Fsp3) is 0.316. The number of hydrogen-bond donors (Lipinski definition) is 2. The molecule has 2 N–H and O–H groups in total. The molecule has 0 radical (unpaired) electrons. The zero-order valence-corrected chi connectivity index (χ0v) is 15.8. The summed E-state index contributed by atoms with van der Waals surface area (Å²) < 4.78 is 5.22. The van der Waals surface area contributed by atoms with Crippen molar-refractivity contribution in [2.75, 3.05) is 12.4 Å². The van der Waals surface area contributed by atoms with E-state index in [9.17, 15) is 9.59 Å². The molecule has 0 bridgehead atoms. The second-order valence-electron chi connectivity index (χ2n) is 6.48. The number of nitrogens with one attached hydrogen (secondary N) is 2. The summed E-state index contributed by atoms with van der Waals surface area (Å²) in [7, 11) is 1.55. The molecule has 3 aromatic rings. The number of fused-ring (bicyclic) bond motifs is 1. The van der Waals surface area contributed by atoms with Crippen LogP contribution in [-0.2, 0) is 17.6 Å². The van der Waals surface area contributed by atoms with Crippen LogP contribution in [0, 0.1) is 5.92 Å². The lowest BCUT2D eigenvalue weighted by Gasteiger charge is -2.09. The zero-order chi connectivity index (χ0) is 18.7. The Hall–Kier alpha value is -2.67. The van der Waals surface area contributed by atoms with Gasteiger partial charge in [-0.15, -0.1) is 11.3 Å². The molecule has 1 aromatic carbocycles. The quantitative estimate of drug-likeness (QED) is 0.696. The van der Waals surface area contributed by atoms with Gasteiger partial charge in [-0.05, 0) is 35.4 Å². The second kappa shape index (κ2) is 7.70. The number of amides is 1. The van der Waals surface area contributed by atoms with Gasteiger partial charge in [0.1, 0.15) is 16.4 Å². The molecule has 2 aromatic heterocycles. The van der Waals surface area contributed by atoms with Crippen LogP contribution in [0.15, 0.2) is 34.4 Å². The second-order valence-corrected chi connectivity index (χ2v) is 7.34. The largest absolute Gasteiger partial charge is 0.495 e. The summed E-state index contributed by atoms with van der Waals surface area (Å²) in [6.45, 7) is 4.23. The van der Waals surface area contributed by atoms with E-state index in [-0.39, 0.29) is 17.9 Å². The van der Waals surface area contributed by atoms with Crippen LogP contribution in [0.2, 0.25) is 0 Å². The van der Waals surface area contributed by atoms with Gasteiger partial charge in [0, 0.05) is 0 Å². The summed E-state index contributed by atoms with van der Waals surface area (Å²) >= 11 is 1.44. The topological polar surface area (TPSA) is 84.1 Å². The smallest absolute Gasteiger partial charge is 0.259 e. The van der Waals surface area contributed by atoms with Crippen molar-refractivity contribution in [2.45, 2.75) is 26.7 Å². The minimum Gasteiger partial charge on any atom is -0.495 e. The maximum atomic E-state index is 12.5. The van der Waals surface area contributed by atoms with Crippen LogP contribution in [0.25, 0.3) is 10.2 Å². The number of ether oxygens (including phenoxy) is 1. The Balaban J connectivity index is 1.81. The first-order valence-electron chi connectivity index (χ1n) is 8.40. The number of nitrogens with zero attached hydrogens (tertiary/aromatic N) is 1. The highest BCUT2D eigenvalue weighted by molar-refractivity contribution is 7.16. The Morgan fingerprint density at radius 3 is 2.85 bits per heavy atom. The van der Waals surface area contributed by atoms with Gasteiger partial charge in [-0.3, -0.25) is 9.59 Å². The molecule has 0 aliphatic carbocycles. The third-order valence-electron chi connectivity index (χ3n) is 3.91. The number of aromatic amines is 1. The number of carbonyl (C=O) groups excluding carboxylic acids is 1. The molecule has 136 valence electrons. The molecular formula is C19H21N3O3S. The third kappa shape index (κ3) is 3.94. The Morgan fingerprint density at radius 2 is 2.12 bits per heavy atom. The zero-order valence-electron chi connectivity index (χ0n) is 15.0. The highest BCUT2D eigenvalue weighted by Gasteiger charge is 2.15. The maximum Gasteiger partial charge on any atom is 0.259 e. The van der Waals surface area contributed by atoms with Gasteiger partial charge in [0.2, 0.25) is 5.91 Å². The standard InChI is InChI=1S/C19H21N3O3S/c1-11(2)8-12-10-26-19-17(12)18(24)21-15(22-19)9-16(23)20-13-6-4-5-7-14(13)25-3/h4-7,10-11H,8-9H2,1-3H3,(H,20,23)(H,21,22,24). The first-order valence-corrected chi connectivity index (χ1v) is 9.28. The van der Waals surface area contributed by atoms with Crippen LogP contribution in [0.5, 0.6) is 5.75 Å². The Kier molecular flexibility index (Phi) is 5.37. The van der Waals surface area contributed by atoms with Gasteiger partial charge in [0.05, 0.1) is 24.6 Å². The number of para-hydroxylation sites is 2. The van der Waals surface area contributed by atoms with Crippen molar-refractivity contribution >= 4 is 33.1 Å². The van der Waals surface area contributed by atoms with Gasteiger partial charge in [0.15, 0.2) is 0 Å². The molecule has 0 spiro atoms. The van der Waals surface area contributed by atoms with Crippen LogP contribution >= 0.6 is 11.3 Å². The number of thiophene rings is 1. The molecule has 7 heteroatoms. The Bertz CT molecular complexity index is 991. The van der Waals surface area contributed by atoms with Crippen LogP contribution in [0.3, 0.4) is 0 Å². The van der Waals surface area contributed by atoms with Gasteiger partial charge >= 0.3 is 0 Å². The van der Waals surface area contributed by atoms with E-state index >= 15 is 0 Å². The van der Waals surface area contributed by atoms with Crippen LogP contribution in [0.4, 0.5) is 5.69 Å². The van der Waals surface area contributed by atoms with E-state index in [2.05, 4.69) is 29.1 Å². The molecule has 0 aliphatic rings. The minimum atomic E-state index is -0.268. The third-order valence-corrected chi connectivity index (χ3v) is 4.83. The van der Waals surface area contributed by atoms with E-state index in [1.807, 2.05) is 17.5 Å². The summed E-state index contributed by atoms with van der Waals surface area (Å²) in [6, 6.07) is 7.16.